The van der Waals surface area contributed by atoms with Crippen molar-refractivity contribution < 1.29 is 58.3 Å². The van der Waals surface area contributed by atoms with Gasteiger partial charge in [0.05, 0.1) is 31.2 Å². The van der Waals surface area contributed by atoms with Crippen LogP contribution in [-0.2, 0) is 56.0 Å². The van der Waals surface area contributed by atoms with Gasteiger partial charge >= 0.3 is 5.69 Å². The summed E-state index contributed by atoms with van der Waals surface area (Å²) in [5.74, 6) is -8.28. The van der Waals surface area contributed by atoms with Crippen molar-refractivity contribution in [2.75, 3.05) is 39.3 Å². The van der Waals surface area contributed by atoms with Crippen LogP contribution >= 0.6 is 0 Å². The number of nitrogens with two attached hydrogens (primary N) is 3. The minimum atomic E-state index is -1.59. The van der Waals surface area contributed by atoms with Gasteiger partial charge in [0.25, 0.3) is 0 Å². The predicted octanol–water partition coefficient (Wildman–Crippen LogP) is -4.99. The van der Waals surface area contributed by atoms with E-state index in [-0.39, 0.29) is 31.4 Å². The second kappa shape index (κ2) is 29.2. The highest BCUT2D eigenvalue weighted by Crippen LogP contribution is 2.27. The summed E-state index contributed by atoms with van der Waals surface area (Å²) in [6, 6.07) is 1.27. The van der Waals surface area contributed by atoms with Crippen LogP contribution in [0.4, 0.5) is 5.69 Å². The van der Waals surface area contributed by atoms with E-state index in [9.17, 15) is 63.5 Å². The second-order valence-electron chi connectivity index (χ2n) is 14.8. The molecule has 1 heterocycles. The number of aliphatic hydroxyl groups excluding tert-OH is 1. The molecule has 0 fully saturated rings. The number of benzene rings is 1. The number of carbonyl (C=O) groups excluding carboxylic acids is 9. The Hall–Kier alpha value is -7.32. The molecule has 0 aliphatic heterocycles. The van der Waals surface area contributed by atoms with Crippen molar-refractivity contribution in [3.8, 4) is 5.75 Å². The largest absolute Gasteiger partial charge is 0.502 e. The highest BCUT2D eigenvalue weighted by Gasteiger charge is 2.30. The third-order valence-corrected chi connectivity index (χ3v) is 9.47. The summed E-state index contributed by atoms with van der Waals surface area (Å²) in [6.45, 7) is -1.06. The second-order valence-corrected chi connectivity index (χ2v) is 14.8. The first-order valence-electron chi connectivity index (χ1n) is 20.8. The monoisotopic (exact) mass is 929 g/mol. The molecule has 0 spiro atoms. The molecule has 0 bridgehead atoms. The Labute approximate surface area is 378 Å². The molecule has 2 aromatic rings. The fourth-order valence-corrected chi connectivity index (χ4v) is 6.06. The molecule has 0 aliphatic rings. The van der Waals surface area contributed by atoms with E-state index in [4.69, 9.17) is 17.2 Å². The third kappa shape index (κ3) is 20.5. The summed E-state index contributed by atoms with van der Waals surface area (Å²) in [6.07, 6.45) is 2.93. The minimum Gasteiger partial charge on any atom is -0.502 e. The molecule has 66 heavy (non-hydrogen) atoms. The lowest BCUT2D eigenvalue weighted by atomic mass is 10.0. The number of carbonyl (C=O) groups is 9. The number of nitrogens with zero attached hydrogens (tertiary/aromatic N) is 2. The molecule has 9 amide bonds. The van der Waals surface area contributed by atoms with Gasteiger partial charge in [-0.2, -0.15) is 0 Å². The molecule has 0 unspecified atom stereocenters. The maximum Gasteiger partial charge on any atom is 0.310 e. The molecular weight excluding hydrogens is 871 g/mol. The Kier molecular flexibility index (Phi) is 24.2. The van der Waals surface area contributed by atoms with E-state index >= 15 is 0 Å². The number of amides is 9. The number of unbranched alkanes of at least 4 members (excludes halogenated alkanes) is 2. The number of aromatic hydroxyl groups is 1. The maximum absolute atomic E-state index is 14.0. The Morgan fingerprint density at radius 3 is 1.77 bits per heavy atom. The van der Waals surface area contributed by atoms with Crippen LogP contribution in [0.1, 0.15) is 56.7 Å². The minimum absolute atomic E-state index is 0.0668. The number of phenolic OH excluding ortho intramolecular Hbond substituents is 1. The van der Waals surface area contributed by atoms with Crippen molar-refractivity contribution in [3.05, 3.63) is 64.0 Å². The van der Waals surface area contributed by atoms with E-state index in [2.05, 4.69) is 47.5 Å². The molecule has 16 N–H and O–H groups in total. The van der Waals surface area contributed by atoms with Crippen LogP contribution in [0.2, 0.25) is 0 Å². The number of pyridine rings is 1. The lowest BCUT2D eigenvalue weighted by Crippen LogP contribution is -2.57. The van der Waals surface area contributed by atoms with Crippen LogP contribution in [-0.4, -0.2) is 143 Å². The summed E-state index contributed by atoms with van der Waals surface area (Å²) in [5.41, 5.74) is 16.1. The number of hydrogen-bond acceptors (Lipinski definition) is 16. The van der Waals surface area contributed by atoms with Gasteiger partial charge in [0, 0.05) is 37.7 Å². The fourth-order valence-electron chi connectivity index (χ4n) is 6.06. The lowest BCUT2D eigenvalue weighted by Gasteiger charge is -2.24. The molecule has 0 aliphatic carbocycles. The molecule has 2 rings (SSSR count). The summed E-state index contributed by atoms with van der Waals surface area (Å²) >= 11 is 0. The standard InChI is InChI=1S/C40H59N13O13/c1-23(55)48-30(22-54)40(64)51-27(10-3-6-14-42)37(61)47-21-35(59)50-29(18-25-8-4-7-15-44-25)39(63)52-28(16-24-11-12-32(56)31(17-24)53(65)66)38(62)46-19-33(57)45-20-34(58)49-26(36(43)60)9-2-5-13-41/h4,7-8,11-12,15,17,26-30,54,56H,2-3,5-6,9-10,13-14,16,18-22,41-42H2,1H3,(H2,43,60)(H,45,57)(H,46,62)(H,47,61)(H,48,55)(H,49,58)(H,50,59)(H,51,64)(H,52,63)/t26-,27-,28-,29-,30-/m0/s1. The Morgan fingerprint density at radius 1 is 0.667 bits per heavy atom. The highest BCUT2D eigenvalue weighted by atomic mass is 16.6. The Morgan fingerprint density at radius 2 is 1.21 bits per heavy atom. The molecule has 26 nitrogen and oxygen atoms in total. The molecule has 362 valence electrons. The number of nitrogens with one attached hydrogen (secondary N) is 8. The Bertz CT molecular complexity index is 2010. The zero-order valence-electron chi connectivity index (χ0n) is 36.3. The number of phenols is 1. The number of aromatic nitrogens is 1. The van der Waals surface area contributed by atoms with Gasteiger partial charge in [0.1, 0.15) is 30.2 Å². The van der Waals surface area contributed by atoms with Gasteiger partial charge in [-0.3, -0.25) is 58.2 Å². The van der Waals surface area contributed by atoms with Crippen molar-refractivity contribution in [1.29, 1.82) is 0 Å². The average Bonchev–Trinajstić information content (AvgIpc) is 3.27. The molecular formula is C40H59N13O13. The smallest absolute Gasteiger partial charge is 0.310 e. The molecule has 1 aromatic carbocycles. The summed E-state index contributed by atoms with van der Waals surface area (Å²) < 4.78 is 0. The van der Waals surface area contributed by atoms with Gasteiger partial charge < -0.3 is 69.9 Å². The number of primary amides is 1. The van der Waals surface area contributed by atoms with Crippen molar-refractivity contribution in [1.82, 2.24) is 47.5 Å². The van der Waals surface area contributed by atoms with Crippen molar-refractivity contribution >= 4 is 58.9 Å². The van der Waals surface area contributed by atoms with E-state index in [0.717, 1.165) is 19.1 Å². The topological polar surface area (TPSA) is 424 Å². The first-order chi connectivity index (χ1) is 31.4. The first kappa shape index (κ1) is 54.8. The summed E-state index contributed by atoms with van der Waals surface area (Å²) in [4.78, 5) is 130. The van der Waals surface area contributed by atoms with Gasteiger partial charge in [-0.15, -0.1) is 0 Å². The number of nitro benzene ring substituents is 1. The number of hydrogen-bond donors (Lipinski definition) is 13. The lowest BCUT2D eigenvalue weighted by molar-refractivity contribution is -0.385. The molecule has 5 atom stereocenters. The van der Waals surface area contributed by atoms with Crippen LogP contribution in [0.15, 0.2) is 42.6 Å². The highest BCUT2D eigenvalue weighted by molar-refractivity contribution is 5.96. The zero-order valence-corrected chi connectivity index (χ0v) is 36.3. The molecule has 26 heteroatoms. The van der Waals surface area contributed by atoms with Crippen LogP contribution < -0.4 is 59.7 Å². The number of aliphatic hydroxyl groups is 1. The van der Waals surface area contributed by atoms with Gasteiger partial charge in [-0.25, -0.2) is 0 Å². The van der Waals surface area contributed by atoms with Crippen LogP contribution in [0.25, 0.3) is 0 Å². The van der Waals surface area contributed by atoms with Crippen LogP contribution in [0, 0.1) is 10.1 Å². The van der Waals surface area contributed by atoms with Crippen molar-refractivity contribution in [3.63, 3.8) is 0 Å². The third-order valence-electron chi connectivity index (χ3n) is 9.47. The summed E-state index contributed by atoms with van der Waals surface area (Å²) in [5, 5.41) is 50.2. The average molecular weight is 930 g/mol. The maximum atomic E-state index is 14.0. The molecule has 1 aromatic heterocycles. The molecule has 0 radical (unpaired) electrons. The van der Waals surface area contributed by atoms with E-state index in [0.29, 0.717) is 37.9 Å². The van der Waals surface area contributed by atoms with Crippen molar-refractivity contribution in [2.24, 2.45) is 17.2 Å². The van der Waals surface area contributed by atoms with Gasteiger partial charge in [0.2, 0.25) is 53.2 Å². The van der Waals surface area contributed by atoms with Gasteiger partial charge in [-0.05, 0) is 75.4 Å². The predicted molar refractivity (Wildman–Crippen MR) is 233 cm³/mol. The quantitative estimate of drug-likeness (QED) is 0.0198. The van der Waals surface area contributed by atoms with E-state index in [1.807, 2.05) is 0 Å². The van der Waals surface area contributed by atoms with Crippen molar-refractivity contribution in [2.45, 2.75) is 88.5 Å². The van der Waals surface area contributed by atoms with E-state index in [1.165, 1.54) is 18.3 Å². The van der Waals surface area contributed by atoms with Crippen LogP contribution in [0.5, 0.6) is 5.75 Å². The van der Waals surface area contributed by atoms with Crippen LogP contribution in [0.3, 0.4) is 0 Å². The zero-order chi connectivity index (χ0) is 49.2. The van der Waals surface area contributed by atoms with E-state index in [1.54, 1.807) is 12.1 Å². The van der Waals surface area contributed by atoms with Gasteiger partial charge in [-0.1, -0.05) is 12.1 Å². The fraction of sp³-hybridized carbons (Fsp3) is 0.500. The number of nitro groups is 1. The molecule has 0 saturated heterocycles. The first-order valence-corrected chi connectivity index (χ1v) is 20.8. The van der Waals surface area contributed by atoms with Gasteiger partial charge in [0.15, 0.2) is 5.75 Å². The number of rotatable bonds is 30. The summed E-state index contributed by atoms with van der Waals surface area (Å²) in [7, 11) is 0. The normalized spacial score (nSPS) is 13.0. The Balaban J connectivity index is 2.28. The van der Waals surface area contributed by atoms with E-state index < -0.39 is 132 Å². The SMILES string of the molecule is CC(=O)N[C@@H](CO)C(=O)N[C@@H](CCCCN)C(=O)NCC(=O)N[C@@H](Cc1ccccn1)C(=O)N[C@@H](Cc1ccc(O)c([N+](=O)[O-])c1)C(=O)NCC(=O)NCC(=O)N[C@@H](CCCCN)C(N)=O. The molecule has 0 saturated carbocycles.